The molecule has 8 nitrogen and oxygen atoms in total. The van der Waals surface area contributed by atoms with Gasteiger partial charge in [0.15, 0.2) is 5.65 Å². The Morgan fingerprint density at radius 3 is 2.71 bits per heavy atom. The number of nitrogens with zero attached hydrogens (tertiary/aromatic N) is 5. The van der Waals surface area contributed by atoms with E-state index in [1.807, 2.05) is 45.9 Å². The van der Waals surface area contributed by atoms with Gasteiger partial charge in [-0.3, -0.25) is 4.98 Å². The normalized spacial score (nSPS) is 11.6. The van der Waals surface area contributed by atoms with Crippen molar-refractivity contribution in [1.82, 2.24) is 19.6 Å². The maximum atomic E-state index is 9.55. The Bertz CT molecular complexity index is 1060. The van der Waals surface area contributed by atoms with Crippen LogP contribution in [0.1, 0.15) is 36.5 Å². The first kappa shape index (κ1) is 19.6. The summed E-state index contributed by atoms with van der Waals surface area (Å²) in [7, 11) is 0. The molecule has 3 heterocycles. The van der Waals surface area contributed by atoms with Crippen molar-refractivity contribution in [3.8, 4) is 0 Å². The van der Waals surface area contributed by atoms with Crippen LogP contribution in [-0.4, -0.2) is 37.8 Å². The van der Waals surface area contributed by atoms with Gasteiger partial charge in [-0.25, -0.2) is 14.3 Å². The SMILES string of the molecule is [C-]#[N+]c1c(NCCc2cccc(C(C)(C)CO)n2)nc2c(C)c(C)nn2c1N. The van der Waals surface area contributed by atoms with Crippen molar-refractivity contribution in [3.05, 3.63) is 52.3 Å². The van der Waals surface area contributed by atoms with Crippen molar-refractivity contribution in [2.75, 3.05) is 24.2 Å². The summed E-state index contributed by atoms with van der Waals surface area (Å²) in [5, 5.41) is 17.1. The number of hydrogen-bond donors (Lipinski definition) is 3. The number of pyridine rings is 1. The molecule has 0 radical (unpaired) electrons. The molecule has 28 heavy (non-hydrogen) atoms. The van der Waals surface area contributed by atoms with Crippen LogP contribution in [0.4, 0.5) is 17.3 Å². The number of nitrogen functional groups attached to an aromatic ring is 1. The van der Waals surface area contributed by atoms with Crippen molar-refractivity contribution in [2.24, 2.45) is 0 Å². The highest BCUT2D eigenvalue weighted by Gasteiger charge is 2.21. The van der Waals surface area contributed by atoms with Gasteiger partial charge in [0.2, 0.25) is 0 Å². The Morgan fingerprint density at radius 2 is 2.04 bits per heavy atom. The number of aryl methyl sites for hydroxylation is 2. The largest absolute Gasteiger partial charge is 0.395 e. The Labute approximate surface area is 164 Å². The third kappa shape index (κ3) is 3.49. The highest BCUT2D eigenvalue weighted by Crippen LogP contribution is 2.32. The second-order valence-corrected chi connectivity index (χ2v) is 7.48. The van der Waals surface area contributed by atoms with Crippen LogP contribution in [0.5, 0.6) is 0 Å². The molecule has 3 rings (SSSR count). The highest BCUT2D eigenvalue weighted by atomic mass is 16.3. The number of nitrogens with two attached hydrogens (primary N) is 1. The molecule has 0 saturated heterocycles. The van der Waals surface area contributed by atoms with Gasteiger partial charge in [-0.15, -0.1) is 0 Å². The minimum Gasteiger partial charge on any atom is -0.395 e. The van der Waals surface area contributed by atoms with E-state index in [1.54, 1.807) is 0 Å². The molecule has 0 fully saturated rings. The lowest BCUT2D eigenvalue weighted by Gasteiger charge is -2.21. The minimum atomic E-state index is -0.390. The Morgan fingerprint density at radius 1 is 1.29 bits per heavy atom. The van der Waals surface area contributed by atoms with Crippen LogP contribution < -0.4 is 11.1 Å². The number of hydrogen-bond acceptors (Lipinski definition) is 6. The van der Waals surface area contributed by atoms with Crippen molar-refractivity contribution < 1.29 is 5.11 Å². The van der Waals surface area contributed by atoms with E-state index < -0.39 is 0 Å². The molecule has 0 bridgehead atoms. The molecule has 0 aromatic carbocycles. The number of aliphatic hydroxyl groups excluding tert-OH is 1. The zero-order valence-corrected chi connectivity index (χ0v) is 16.6. The van der Waals surface area contributed by atoms with Gasteiger partial charge >= 0.3 is 0 Å². The van der Waals surface area contributed by atoms with Gasteiger partial charge < -0.3 is 16.2 Å². The standard InChI is InChI=1S/C20H25N7O/c1-12-13(2)26-27-17(21)16(22-5)18(25-19(12)27)23-10-9-14-7-6-8-15(24-14)20(3,4)11-28/h6-8,28H,9-11,21H2,1-4H3,(H,23,25). The molecule has 146 valence electrons. The van der Waals surface area contributed by atoms with Crippen LogP contribution in [0.25, 0.3) is 10.5 Å². The van der Waals surface area contributed by atoms with E-state index in [-0.39, 0.29) is 23.5 Å². The van der Waals surface area contributed by atoms with Gasteiger partial charge in [0.25, 0.3) is 5.69 Å². The Balaban J connectivity index is 1.82. The van der Waals surface area contributed by atoms with Crippen LogP contribution >= 0.6 is 0 Å². The zero-order chi connectivity index (χ0) is 20.5. The van der Waals surface area contributed by atoms with Gasteiger partial charge in [0.1, 0.15) is 11.6 Å². The molecule has 0 spiro atoms. The van der Waals surface area contributed by atoms with Crippen molar-refractivity contribution in [1.29, 1.82) is 0 Å². The van der Waals surface area contributed by atoms with Gasteiger partial charge in [0.05, 0.1) is 18.9 Å². The Kier molecular flexibility index (Phi) is 5.21. The fourth-order valence-corrected chi connectivity index (χ4v) is 2.89. The van der Waals surface area contributed by atoms with E-state index in [2.05, 4.69) is 25.2 Å². The number of anilines is 2. The van der Waals surface area contributed by atoms with E-state index in [0.29, 0.717) is 24.4 Å². The van der Waals surface area contributed by atoms with Crippen LogP contribution in [0.15, 0.2) is 18.2 Å². The molecular formula is C20H25N7O. The summed E-state index contributed by atoms with van der Waals surface area (Å²) in [4.78, 5) is 12.8. The lowest BCUT2D eigenvalue weighted by Crippen LogP contribution is -2.24. The topological polar surface area (TPSA) is 106 Å². The summed E-state index contributed by atoms with van der Waals surface area (Å²) >= 11 is 0. The molecule has 0 saturated carbocycles. The second kappa shape index (κ2) is 7.44. The van der Waals surface area contributed by atoms with E-state index in [0.717, 1.165) is 22.6 Å². The van der Waals surface area contributed by atoms with E-state index in [9.17, 15) is 5.11 Å². The molecule has 0 aliphatic heterocycles. The van der Waals surface area contributed by atoms with E-state index >= 15 is 0 Å². The van der Waals surface area contributed by atoms with E-state index in [4.69, 9.17) is 12.3 Å². The summed E-state index contributed by atoms with van der Waals surface area (Å²) < 4.78 is 1.52. The van der Waals surface area contributed by atoms with Crippen LogP contribution in [0.2, 0.25) is 0 Å². The summed E-state index contributed by atoms with van der Waals surface area (Å²) in [6.07, 6.45) is 0.650. The average molecular weight is 379 g/mol. The second-order valence-electron chi connectivity index (χ2n) is 7.48. The Hall–Kier alpha value is -3.18. The summed E-state index contributed by atoms with van der Waals surface area (Å²) in [6, 6.07) is 5.81. The molecule has 3 aromatic heterocycles. The van der Waals surface area contributed by atoms with Crippen LogP contribution in [0, 0.1) is 20.4 Å². The average Bonchev–Trinajstić information content (AvgIpc) is 2.97. The number of aliphatic hydroxyl groups is 1. The molecule has 8 heteroatoms. The third-order valence-electron chi connectivity index (χ3n) is 4.92. The van der Waals surface area contributed by atoms with Crippen molar-refractivity contribution >= 4 is 23.0 Å². The lowest BCUT2D eigenvalue weighted by atomic mass is 9.90. The number of nitrogens with one attached hydrogen (secondary N) is 1. The quantitative estimate of drug-likeness (QED) is 0.569. The molecule has 3 aromatic rings. The van der Waals surface area contributed by atoms with E-state index in [1.165, 1.54) is 4.52 Å². The fraction of sp³-hybridized carbons (Fsp3) is 0.400. The smallest absolute Gasteiger partial charge is 0.268 e. The predicted octanol–water partition coefficient (Wildman–Crippen LogP) is 2.80. The maximum absolute atomic E-state index is 9.55. The molecular weight excluding hydrogens is 354 g/mol. The number of fused-ring (bicyclic) bond motifs is 1. The summed E-state index contributed by atoms with van der Waals surface area (Å²) in [6.45, 7) is 15.8. The van der Waals surface area contributed by atoms with Crippen molar-refractivity contribution in [3.63, 3.8) is 0 Å². The number of rotatable bonds is 6. The molecule has 0 aliphatic carbocycles. The first-order valence-corrected chi connectivity index (χ1v) is 9.12. The van der Waals surface area contributed by atoms with Gasteiger partial charge in [-0.05, 0) is 26.0 Å². The fourth-order valence-electron chi connectivity index (χ4n) is 2.89. The van der Waals surface area contributed by atoms with Crippen LogP contribution in [0.3, 0.4) is 0 Å². The van der Waals surface area contributed by atoms with Crippen LogP contribution in [-0.2, 0) is 11.8 Å². The summed E-state index contributed by atoms with van der Waals surface area (Å²) in [5.74, 6) is 0.735. The molecule has 0 amide bonds. The lowest BCUT2D eigenvalue weighted by molar-refractivity contribution is 0.215. The monoisotopic (exact) mass is 379 g/mol. The van der Waals surface area contributed by atoms with Gasteiger partial charge in [-0.2, -0.15) is 5.10 Å². The predicted molar refractivity (Wildman–Crippen MR) is 110 cm³/mol. The molecule has 0 aliphatic rings. The first-order valence-electron chi connectivity index (χ1n) is 9.12. The third-order valence-corrected chi connectivity index (χ3v) is 4.92. The molecule has 4 N–H and O–H groups in total. The minimum absolute atomic E-state index is 0.0311. The highest BCUT2D eigenvalue weighted by molar-refractivity contribution is 5.80. The van der Waals surface area contributed by atoms with Gasteiger partial charge in [0, 0.05) is 35.3 Å². The molecule has 0 atom stereocenters. The maximum Gasteiger partial charge on any atom is 0.268 e. The zero-order valence-electron chi connectivity index (χ0n) is 16.6. The number of aromatic nitrogens is 4. The molecule has 0 unspecified atom stereocenters. The summed E-state index contributed by atoms with van der Waals surface area (Å²) in [5.41, 5.74) is 10.2. The first-order chi connectivity index (χ1) is 13.3. The van der Waals surface area contributed by atoms with Gasteiger partial charge in [-0.1, -0.05) is 19.9 Å². The van der Waals surface area contributed by atoms with Crippen molar-refractivity contribution in [2.45, 2.75) is 39.5 Å².